The number of nitrogens with zero attached hydrogens (tertiary/aromatic N) is 14. The maximum atomic E-state index is 16.3. The van der Waals surface area contributed by atoms with E-state index in [-0.39, 0.29) is 35.8 Å². The highest BCUT2D eigenvalue weighted by Crippen LogP contribution is 2.49. The zero-order chi connectivity index (χ0) is 88.1. The first-order valence-corrected chi connectivity index (χ1v) is 43.9. The molecular weight excluding hydrogens is 1690 g/mol. The molecule has 0 amide bonds. The van der Waals surface area contributed by atoms with E-state index in [2.05, 4.69) is 167 Å². The van der Waals surface area contributed by atoms with Crippen LogP contribution >= 0.6 is 15.9 Å². The molecule has 0 radical (unpaired) electrons. The van der Waals surface area contributed by atoms with E-state index in [1.165, 1.54) is 0 Å². The number of pyridine rings is 3. The summed E-state index contributed by atoms with van der Waals surface area (Å²) >= 11 is 3.45. The average molecular weight is 1780 g/mol. The van der Waals surface area contributed by atoms with Crippen LogP contribution in [0.1, 0.15) is 77.8 Å². The van der Waals surface area contributed by atoms with Crippen molar-refractivity contribution in [3.05, 3.63) is 382 Å². The predicted octanol–water partition coefficient (Wildman–Crippen LogP) is 18.5. The van der Waals surface area contributed by atoms with Crippen molar-refractivity contribution in [2.24, 2.45) is 4.99 Å². The molecule has 4 saturated heterocycles. The summed E-state index contributed by atoms with van der Waals surface area (Å²) in [6.45, 7) is 17.4. The van der Waals surface area contributed by atoms with E-state index in [1.54, 1.807) is 55.1 Å². The number of aliphatic imine (C=N–C) groups is 1. The van der Waals surface area contributed by atoms with Crippen molar-refractivity contribution in [2.45, 2.75) is 56.5 Å². The Balaban J connectivity index is 0.000000119. The summed E-state index contributed by atoms with van der Waals surface area (Å²) in [5.74, 6) is 1.68. The zero-order valence-corrected chi connectivity index (χ0v) is 73.1. The molecule has 0 spiro atoms. The van der Waals surface area contributed by atoms with Gasteiger partial charge >= 0.3 is 7.12 Å². The second-order valence-electron chi connectivity index (χ2n) is 33.0. The van der Waals surface area contributed by atoms with Crippen molar-refractivity contribution in [3.63, 3.8) is 0 Å². The molecule has 0 saturated carbocycles. The van der Waals surface area contributed by atoms with Crippen LogP contribution in [-0.4, -0.2) is 168 Å². The first-order chi connectivity index (χ1) is 63.1. The quantitative estimate of drug-likeness (QED) is 0.0569. The maximum Gasteiger partial charge on any atom is 0.513 e. The highest BCUT2D eigenvalue weighted by atomic mass is 79.9. The van der Waals surface area contributed by atoms with Gasteiger partial charge in [-0.2, -0.15) is 25.5 Å². The van der Waals surface area contributed by atoms with E-state index in [0.717, 1.165) is 151 Å². The van der Waals surface area contributed by atoms with Gasteiger partial charge in [0, 0.05) is 133 Å². The highest BCUT2D eigenvalue weighted by molar-refractivity contribution is 9.10. The van der Waals surface area contributed by atoms with Gasteiger partial charge in [-0.3, -0.25) is 20.3 Å². The van der Waals surface area contributed by atoms with Gasteiger partial charge in [0.05, 0.1) is 95.6 Å². The van der Waals surface area contributed by atoms with E-state index in [9.17, 15) is 4.39 Å². The van der Waals surface area contributed by atoms with Gasteiger partial charge in [-0.25, -0.2) is 37.5 Å². The lowest BCUT2D eigenvalue weighted by Crippen LogP contribution is -2.41. The van der Waals surface area contributed by atoms with Crippen molar-refractivity contribution < 1.29 is 36.7 Å². The van der Waals surface area contributed by atoms with E-state index in [4.69, 9.17) is 38.7 Å². The Morgan fingerprint density at radius 3 is 1.12 bits per heavy atom. The molecule has 5 aliphatic heterocycles. The van der Waals surface area contributed by atoms with Crippen LogP contribution in [0.5, 0.6) is 0 Å². The van der Waals surface area contributed by atoms with E-state index in [0.29, 0.717) is 84.2 Å². The molecule has 646 valence electrons. The van der Waals surface area contributed by atoms with Gasteiger partial charge in [0.2, 0.25) is 0 Å². The molecule has 22 nitrogen and oxygen atoms in total. The number of nitrogens with one attached hydrogen (secondary N) is 3. The van der Waals surface area contributed by atoms with Gasteiger partial charge in [-0.15, -0.1) is 0 Å². The summed E-state index contributed by atoms with van der Waals surface area (Å²) in [5, 5.41) is 33.0. The van der Waals surface area contributed by atoms with Crippen LogP contribution in [0.25, 0.3) is 66.8 Å². The molecule has 8 aromatic heterocycles. The maximum absolute atomic E-state index is 16.3. The third kappa shape index (κ3) is 16.7. The van der Waals surface area contributed by atoms with Crippen LogP contribution in [0.3, 0.4) is 0 Å². The first kappa shape index (κ1) is 84.7. The lowest BCUT2D eigenvalue weighted by atomic mass is 9.77. The number of rotatable bonds is 17. The molecule has 0 bridgehead atoms. The number of hydrogen-bond donors (Lipinski definition) is 3. The summed E-state index contributed by atoms with van der Waals surface area (Å²) in [6.07, 6.45) is 10.4. The molecular formula is C102H92BBrF3N17O5. The number of benzene rings is 9. The molecule has 129 heavy (non-hydrogen) atoms. The fraction of sp³-hybridized carbons (Fsp3) is 0.206. The molecule has 17 aromatic rings. The fourth-order valence-electron chi connectivity index (χ4n) is 17.6. The third-order valence-corrected chi connectivity index (χ3v) is 25.4. The van der Waals surface area contributed by atoms with Gasteiger partial charge < -0.3 is 38.2 Å². The van der Waals surface area contributed by atoms with Gasteiger partial charge in [0.15, 0.2) is 0 Å². The SMILES string of the molecule is CC1(C)OB(c2ccn[nH]2)OC1(C)C.Fc1cc2c(cc1-c1ccn[nH]1)C(c1ccnc(N3CCOCC3)c1)=NC2.Fc1cc2c(cc1-c1ccn[nH]1)c(-c1ccnc(N3CCOCC3)c1)nn2C(c1ccccc1)(c1ccccc1)c1ccccc1.Fc1cc2c(cc1Br)c(-c1ccnc(N3CCOCC3)c1)nn2C(c1ccccc1)(c1ccccc1)c1ccccc1. The number of anilines is 3. The lowest BCUT2D eigenvalue weighted by Gasteiger charge is -2.37. The van der Waals surface area contributed by atoms with Gasteiger partial charge in [0.1, 0.15) is 57.4 Å². The van der Waals surface area contributed by atoms with Crippen LogP contribution in [0.2, 0.25) is 0 Å². The van der Waals surface area contributed by atoms with Gasteiger partial charge in [0.25, 0.3) is 0 Å². The standard InChI is InChI=1S/C38H31FN6O.C35H28BrFN4O.C20H18FN5O.C9H15BN2O2/c39-33-26-35-32(25-31(33)34-17-19-41-42-34)37(27-16-18-40-36(24-27)44-20-22-46-23-21-44)43-45(35)38(28-10-4-1-5-11-28,29-12-6-2-7-13-29)30-14-8-3-9-15-30;36-30-23-29-32(24-31(30)37)41(39-34(29)25-16-17-38-33(22-25)40-18-20-42-21-19-40)35(26-10-4-1-5-11-26,27-12-6-2-7-13-27)28-14-8-3-9-15-28;21-17-9-14-12-23-20(15(14)11-16(17)18-2-4-24-25-18)13-1-3-22-19(10-13)26-5-7-27-8-6-26;1-8(2)9(3,4)14-10(13-8)7-5-6-11-12-7/h1-19,24-26H,20-23H2,(H,41,42);1-17,22-24H,18-21H2;1-4,9-11H,5-8,12H2,(H,24,25);5-6H,1-4H3,(H,11,12). The van der Waals surface area contributed by atoms with Gasteiger partial charge in [-0.05, 0) is 161 Å². The molecule has 0 unspecified atom stereocenters. The minimum Gasteiger partial charge on any atom is -0.398 e. The molecule has 3 N–H and O–H groups in total. The average Bonchev–Trinajstić information content (AvgIpc) is 1.60. The Morgan fingerprint density at radius 1 is 0.372 bits per heavy atom. The first-order valence-electron chi connectivity index (χ1n) is 43.1. The zero-order valence-electron chi connectivity index (χ0n) is 71.5. The molecule has 0 atom stereocenters. The molecule has 5 aliphatic rings. The molecule has 13 heterocycles. The summed E-state index contributed by atoms with van der Waals surface area (Å²) < 4.78 is 78.8. The Bertz CT molecular complexity index is 6540. The minimum absolute atomic E-state index is 0.266. The molecule has 9 aromatic carbocycles. The van der Waals surface area contributed by atoms with E-state index >= 15 is 8.78 Å². The lowest BCUT2D eigenvalue weighted by molar-refractivity contribution is 0.00578. The van der Waals surface area contributed by atoms with Crippen molar-refractivity contribution in [1.82, 2.24) is 65.1 Å². The number of aromatic amines is 3. The minimum atomic E-state index is -0.928. The topological polar surface area (TPSA) is 229 Å². The molecule has 22 rings (SSSR count). The number of fused-ring (bicyclic) bond motifs is 3. The van der Waals surface area contributed by atoms with Crippen LogP contribution in [-0.2, 0) is 41.1 Å². The molecule has 0 aliphatic carbocycles. The van der Waals surface area contributed by atoms with Crippen LogP contribution in [0, 0.1) is 17.5 Å². The van der Waals surface area contributed by atoms with E-state index in [1.807, 2.05) is 201 Å². The van der Waals surface area contributed by atoms with Crippen LogP contribution in [0.4, 0.5) is 30.6 Å². The number of halogens is 4. The fourth-order valence-corrected chi connectivity index (χ4v) is 18.0. The van der Waals surface area contributed by atoms with E-state index < -0.39 is 11.1 Å². The number of H-pyrrole nitrogens is 3. The van der Waals surface area contributed by atoms with Crippen molar-refractivity contribution in [3.8, 4) is 45.0 Å². The second-order valence-corrected chi connectivity index (χ2v) is 33.8. The number of aromatic nitrogens is 13. The summed E-state index contributed by atoms with van der Waals surface area (Å²) in [6, 6.07) is 89.8. The number of ether oxygens (including phenoxy) is 3. The highest BCUT2D eigenvalue weighted by Gasteiger charge is 2.52. The predicted molar refractivity (Wildman–Crippen MR) is 501 cm³/mol. The summed E-state index contributed by atoms with van der Waals surface area (Å²) in [4.78, 5) is 25.2. The van der Waals surface area contributed by atoms with Crippen LogP contribution in [0.15, 0.2) is 320 Å². The second kappa shape index (κ2) is 36.9. The summed E-state index contributed by atoms with van der Waals surface area (Å²) in [5.41, 5.74) is 15.1. The Hall–Kier alpha value is -13.8. The van der Waals surface area contributed by atoms with Crippen molar-refractivity contribution in [1.29, 1.82) is 0 Å². The molecule has 27 heteroatoms. The number of morpholine rings is 3. The summed E-state index contributed by atoms with van der Waals surface area (Å²) in [7, 11) is -0.331. The largest absolute Gasteiger partial charge is 0.513 e. The smallest absolute Gasteiger partial charge is 0.398 e. The van der Waals surface area contributed by atoms with Crippen molar-refractivity contribution in [2.75, 3.05) is 93.6 Å². The Kier molecular flexibility index (Phi) is 24.2. The third-order valence-electron chi connectivity index (χ3n) is 24.8. The Morgan fingerprint density at radius 2 is 0.729 bits per heavy atom. The molecule has 4 fully saturated rings. The Labute approximate surface area is 753 Å². The normalized spacial score (nSPS) is 15.5. The number of hydrogen-bond acceptors (Lipinski definition) is 17. The van der Waals surface area contributed by atoms with Gasteiger partial charge in [-0.1, -0.05) is 182 Å². The van der Waals surface area contributed by atoms with Crippen LogP contribution < -0.4 is 20.3 Å². The monoisotopic (exact) mass is 1780 g/mol. The van der Waals surface area contributed by atoms with Crippen molar-refractivity contribution >= 4 is 73.6 Å².